The minimum absolute atomic E-state index is 0.0323. The van der Waals surface area contributed by atoms with E-state index in [-0.39, 0.29) is 5.56 Å². The second-order valence-corrected chi connectivity index (χ2v) is 6.14. The third kappa shape index (κ3) is 2.38. The molecule has 118 valence electrons. The monoisotopic (exact) mass is 334 g/mol. The van der Waals surface area contributed by atoms with Crippen LogP contribution in [0.2, 0.25) is 5.02 Å². The summed E-state index contributed by atoms with van der Waals surface area (Å²) in [6.07, 6.45) is 0. The standard InChI is InChI=1S/C20H15ClN2O/c1-2-23-19-10-8-15(21)11-14(19)12-16(20(23)24)18-9-7-13-5-3-4-6-17(13)22-18/h3-12H,2H2,1H3. The van der Waals surface area contributed by atoms with Crippen molar-refractivity contribution in [1.29, 1.82) is 0 Å². The van der Waals surface area contributed by atoms with Crippen molar-refractivity contribution < 1.29 is 0 Å². The molecule has 0 amide bonds. The van der Waals surface area contributed by atoms with Gasteiger partial charge in [-0.05, 0) is 43.3 Å². The number of benzene rings is 2. The van der Waals surface area contributed by atoms with Crippen LogP contribution in [0.25, 0.3) is 33.1 Å². The first-order valence-electron chi connectivity index (χ1n) is 7.86. The summed E-state index contributed by atoms with van der Waals surface area (Å²) in [7, 11) is 0. The van der Waals surface area contributed by atoms with Gasteiger partial charge in [0.05, 0.1) is 22.3 Å². The van der Waals surface area contributed by atoms with Crippen molar-refractivity contribution >= 4 is 33.4 Å². The molecule has 0 spiro atoms. The van der Waals surface area contributed by atoms with Gasteiger partial charge in [-0.15, -0.1) is 0 Å². The number of halogens is 1. The molecule has 0 aliphatic rings. The Hall–Kier alpha value is -2.65. The molecule has 0 N–H and O–H groups in total. The fourth-order valence-electron chi connectivity index (χ4n) is 3.07. The Morgan fingerprint density at radius 3 is 2.67 bits per heavy atom. The van der Waals surface area contributed by atoms with Crippen molar-refractivity contribution in [3.05, 3.63) is 76.0 Å². The highest BCUT2D eigenvalue weighted by Gasteiger charge is 2.12. The van der Waals surface area contributed by atoms with E-state index in [1.807, 2.05) is 67.6 Å². The van der Waals surface area contributed by atoms with Crippen molar-refractivity contribution in [2.75, 3.05) is 0 Å². The van der Waals surface area contributed by atoms with Crippen LogP contribution in [0.4, 0.5) is 0 Å². The number of fused-ring (bicyclic) bond motifs is 2. The number of hydrogen-bond donors (Lipinski definition) is 0. The zero-order valence-corrected chi connectivity index (χ0v) is 13.9. The Labute approximate surface area is 144 Å². The maximum Gasteiger partial charge on any atom is 0.260 e. The molecule has 0 bridgehead atoms. The van der Waals surface area contributed by atoms with Gasteiger partial charge in [0.25, 0.3) is 5.56 Å². The molecule has 0 atom stereocenters. The summed E-state index contributed by atoms with van der Waals surface area (Å²) in [5.41, 5.74) is 3.01. The molecule has 0 saturated carbocycles. The molecule has 4 heteroatoms. The highest BCUT2D eigenvalue weighted by molar-refractivity contribution is 6.31. The second-order valence-electron chi connectivity index (χ2n) is 5.70. The van der Waals surface area contributed by atoms with E-state index in [1.54, 1.807) is 4.57 Å². The van der Waals surface area contributed by atoms with Gasteiger partial charge in [-0.25, -0.2) is 4.98 Å². The number of pyridine rings is 2. The molecule has 3 nitrogen and oxygen atoms in total. The van der Waals surface area contributed by atoms with Gasteiger partial charge in [0, 0.05) is 22.3 Å². The Balaban J connectivity index is 2.04. The molecule has 0 radical (unpaired) electrons. The minimum Gasteiger partial charge on any atom is -0.308 e. The van der Waals surface area contributed by atoms with Crippen LogP contribution in [-0.4, -0.2) is 9.55 Å². The van der Waals surface area contributed by atoms with Gasteiger partial charge >= 0.3 is 0 Å². The number of aromatic nitrogens is 2. The first kappa shape index (κ1) is 14.9. The fraction of sp³-hybridized carbons (Fsp3) is 0.100. The van der Waals surface area contributed by atoms with Gasteiger partial charge in [0.2, 0.25) is 0 Å². The lowest BCUT2D eigenvalue weighted by Crippen LogP contribution is -2.21. The number of nitrogens with zero attached hydrogens (tertiary/aromatic N) is 2. The highest BCUT2D eigenvalue weighted by Crippen LogP contribution is 2.24. The molecule has 0 aliphatic heterocycles. The second kappa shape index (κ2) is 5.77. The molecule has 0 unspecified atom stereocenters. The van der Waals surface area contributed by atoms with Crippen molar-refractivity contribution in [3.8, 4) is 11.3 Å². The SMILES string of the molecule is CCn1c(=O)c(-c2ccc3ccccc3n2)cc2cc(Cl)ccc21. The van der Waals surface area contributed by atoms with E-state index in [0.29, 0.717) is 22.8 Å². The fourth-order valence-corrected chi connectivity index (χ4v) is 3.25. The van der Waals surface area contributed by atoms with Gasteiger partial charge in [0.15, 0.2) is 0 Å². The number of aryl methyl sites for hydroxylation is 1. The summed E-state index contributed by atoms with van der Waals surface area (Å²) < 4.78 is 1.76. The van der Waals surface area contributed by atoms with Crippen LogP contribution >= 0.6 is 11.6 Å². The van der Waals surface area contributed by atoms with E-state index < -0.39 is 0 Å². The van der Waals surface area contributed by atoms with E-state index in [1.165, 1.54) is 0 Å². The predicted molar refractivity (Wildman–Crippen MR) is 99.6 cm³/mol. The minimum atomic E-state index is -0.0323. The van der Waals surface area contributed by atoms with Crippen LogP contribution in [-0.2, 0) is 6.54 Å². The third-order valence-corrected chi connectivity index (χ3v) is 4.48. The van der Waals surface area contributed by atoms with E-state index in [0.717, 1.165) is 21.8 Å². The third-order valence-electron chi connectivity index (χ3n) is 4.25. The molecule has 0 aliphatic carbocycles. The molecule has 4 rings (SSSR count). The van der Waals surface area contributed by atoms with Crippen LogP contribution in [0.3, 0.4) is 0 Å². The smallest absolute Gasteiger partial charge is 0.260 e. The van der Waals surface area contributed by atoms with Crippen LogP contribution in [0.15, 0.2) is 65.5 Å². The summed E-state index contributed by atoms with van der Waals surface area (Å²) >= 11 is 6.13. The number of para-hydroxylation sites is 1. The van der Waals surface area contributed by atoms with Gasteiger partial charge in [-0.3, -0.25) is 4.79 Å². The molecule has 0 fully saturated rings. The maximum atomic E-state index is 12.9. The van der Waals surface area contributed by atoms with E-state index in [2.05, 4.69) is 4.98 Å². The van der Waals surface area contributed by atoms with Gasteiger partial charge in [-0.2, -0.15) is 0 Å². The number of hydrogen-bond acceptors (Lipinski definition) is 2. The van der Waals surface area contributed by atoms with E-state index >= 15 is 0 Å². The largest absolute Gasteiger partial charge is 0.308 e. The summed E-state index contributed by atoms with van der Waals surface area (Å²) in [6.45, 7) is 2.56. The molecule has 2 aromatic carbocycles. The quantitative estimate of drug-likeness (QED) is 0.523. The lowest BCUT2D eigenvalue weighted by Gasteiger charge is -2.11. The van der Waals surface area contributed by atoms with Crippen LogP contribution in [0.5, 0.6) is 0 Å². The Morgan fingerprint density at radius 2 is 1.83 bits per heavy atom. The van der Waals surface area contributed by atoms with Gasteiger partial charge in [-0.1, -0.05) is 35.9 Å². The number of rotatable bonds is 2. The van der Waals surface area contributed by atoms with Crippen LogP contribution in [0, 0.1) is 0 Å². The summed E-state index contributed by atoms with van der Waals surface area (Å²) in [6, 6.07) is 19.2. The molecule has 24 heavy (non-hydrogen) atoms. The zero-order chi connectivity index (χ0) is 16.7. The highest BCUT2D eigenvalue weighted by atomic mass is 35.5. The average Bonchev–Trinajstić information content (AvgIpc) is 2.61. The van der Waals surface area contributed by atoms with Crippen LogP contribution in [0.1, 0.15) is 6.92 Å². The topological polar surface area (TPSA) is 34.9 Å². The van der Waals surface area contributed by atoms with Crippen molar-refractivity contribution in [2.24, 2.45) is 0 Å². The lowest BCUT2D eigenvalue weighted by atomic mass is 10.1. The molecule has 2 aromatic heterocycles. The summed E-state index contributed by atoms with van der Waals surface area (Å²) in [5, 5.41) is 2.65. The zero-order valence-electron chi connectivity index (χ0n) is 13.2. The van der Waals surface area contributed by atoms with Crippen molar-refractivity contribution in [2.45, 2.75) is 13.5 Å². The Kier molecular flexibility index (Phi) is 3.58. The van der Waals surface area contributed by atoms with E-state index in [4.69, 9.17) is 11.6 Å². The maximum absolute atomic E-state index is 12.9. The van der Waals surface area contributed by atoms with Crippen molar-refractivity contribution in [1.82, 2.24) is 9.55 Å². The summed E-state index contributed by atoms with van der Waals surface area (Å²) in [5.74, 6) is 0. The van der Waals surface area contributed by atoms with Crippen molar-refractivity contribution in [3.63, 3.8) is 0 Å². The molecule has 2 heterocycles. The molecular formula is C20H15ClN2O. The first-order valence-corrected chi connectivity index (χ1v) is 8.24. The van der Waals surface area contributed by atoms with E-state index in [9.17, 15) is 4.79 Å². The molecular weight excluding hydrogens is 320 g/mol. The molecule has 0 saturated heterocycles. The molecule has 4 aromatic rings. The average molecular weight is 335 g/mol. The van der Waals surface area contributed by atoms with Crippen LogP contribution < -0.4 is 5.56 Å². The lowest BCUT2D eigenvalue weighted by molar-refractivity contribution is 0.761. The Bertz CT molecular complexity index is 1130. The van der Waals surface area contributed by atoms with Gasteiger partial charge in [0.1, 0.15) is 0 Å². The Morgan fingerprint density at radius 1 is 1.00 bits per heavy atom. The summed E-state index contributed by atoms with van der Waals surface area (Å²) in [4.78, 5) is 17.6. The van der Waals surface area contributed by atoms with Gasteiger partial charge < -0.3 is 4.57 Å². The first-order chi connectivity index (χ1) is 11.7. The predicted octanol–water partition coefficient (Wildman–Crippen LogP) is 4.89. The normalized spacial score (nSPS) is 11.2.